The molecule has 0 aliphatic carbocycles. The summed E-state index contributed by atoms with van der Waals surface area (Å²) in [5, 5.41) is 14.3. The van der Waals surface area contributed by atoms with Crippen molar-refractivity contribution < 1.29 is 14.1 Å². The van der Waals surface area contributed by atoms with Gasteiger partial charge >= 0.3 is 5.97 Å². The van der Waals surface area contributed by atoms with Crippen molar-refractivity contribution in [3.05, 3.63) is 58.8 Å². The van der Waals surface area contributed by atoms with Crippen molar-refractivity contribution in [3.8, 4) is 10.7 Å². The zero-order chi connectivity index (χ0) is 16.2. The number of nitrogens with zero attached hydrogens (tertiary/aromatic N) is 2. The van der Waals surface area contributed by atoms with Crippen LogP contribution in [0, 0.1) is 12.3 Å². The van der Waals surface area contributed by atoms with E-state index in [-0.39, 0.29) is 12.3 Å². The second kappa shape index (κ2) is 6.53. The standard InChI is InChI=1S/C16H13N3O3S/c1-10-7-13(19-22-10)15-18-14(9-23-15)12(17)8-21-16(20)11-5-3-2-4-6-11/h2-7,9,17H,8H2,1H3. The Hall–Kier alpha value is -2.80. The number of nitrogens with one attached hydrogen (secondary N) is 1. The van der Waals surface area contributed by atoms with E-state index < -0.39 is 5.97 Å². The summed E-state index contributed by atoms with van der Waals surface area (Å²) in [5.74, 6) is 0.238. The lowest BCUT2D eigenvalue weighted by Crippen LogP contribution is -2.14. The number of aromatic nitrogens is 2. The molecule has 0 saturated carbocycles. The second-order valence-electron chi connectivity index (χ2n) is 4.78. The molecule has 0 atom stereocenters. The first-order valence-electron chi connectivity index (χ1n) is 6.82. The van der Waals surface area contributed by atoms with E-state index in [9.17, 15) is 4.79 Å². The number of rotatable bonds is 5. The fraction of sp³-hybridized carbons (Fsp3) is 0.125. The molecule has 0 fully saturated rings. The number of carbonyl (C=O) groups excluding carboxylic acids is 1. The molecule has 1 N–H and O–H groups in total. The van der Waals surface area contributed by atoms with Gasteiger partial charge in [-0.15, -0.1) is 11.3 Å². The highest BCUT2D eigenvalue weighted by atomic mass is 32.1. The summed E-state index contributed by atoms with van der Waals surface area (Å²) in [5.41, 5.74) is 1.69. The molecule has 2 aromatic heterocycles. The highest BCUT2D eigenvalue weighted by Gasteiger charge is 2.14. The third-order valence-electron chi connectivity index (χ3n) is 3.02. The van der Waals surface area contributed by atoms with Crippen LogP contribution in [0.4, 0.5) is 0 Å². The number of hydrogen-bond acceptors (Lipinski definition) is 7. The topological polar surface area (TPSA) is 89.1 Å². The minimum absolute atomic E-state index is 0.130. The van der Waals surface area contributed by atoms with Gasteiger partial charge in [0.25, 0.3) is 0 Å². The van der Waals surface area contributed by atoms with Gasteiger partial charge in [-0.25, -0.2) is 9.78 Å². The fourth-order valence-corrected chi connectivity index (χ4v) is 2.65. The van der Waals surface area contributed by atoms with Gasteiger partial charge in [0.1, 0.15) is 23.1 Å². The van der Waals surface area contributed by atoms with E-state index in [4.69, 9.17) is 14.7 Å². The minimum atomic E-state index is -0.460. The van der Waals surface area contributed by atoms with Crippen LogP contribution in [-0.2, 0) is 4.74 Å². The van der Waals surface area contributed by atoms with Gasteiger partial charge in [0.05, 0.1) is 17.0 Å². The Bertz CT molecular complexity index is 839. The predicted molar refractivity (Wildman–Crippen MR) is 85.9 cm³/mol. The predicted octanol–water partition coefficient (Wildman–Crippen LogP) is 3.33. The number of hydrogen-bond donors (Lipinski definition) is 1. The lowest BCUT2D eigenvalue weighted by molar-refractivity contribution is 0.0563. The number of ether oxygens (including phenoxy) is 1. The van der Waals surface area contributed by atoms with Crippen LogP contribution in [0.15, 0.2) is 46.3 Å². The molecule has 3 aromatic rings. The molecule has 0 bridgehead atoms. The van der Waals surface area contributed by atoms with Gasteiger partial charge in [-0.3, -0.25) is 5.41 Å². The van der Waals surface area contributed by atoms with Crippen LogP contribution < -0.4 is 0 Å². The van der Waals surface area contributed by atoms with Crippen LogP contribution in [0.2, 0.25) is 0 Å². The quantitative estimate of drug-likeness (QED) is 0.573. The third kappa shape index (κ3) is 3.51. The molecular weight excluding hydrogens is 314 g/mol. The number of benzene rings is 1. The zero-order valence-electron chi connectivity index (χ0n) is 12.3. The lowest BCUT2D eigenvalue weighted by atomic mass is 10.2. The normalized spacial score (nSPS) is 10.5. The molecule has 3 rings (SSSR count). The number of aryl methyl sites for hydroxylation is 1. The van der Waals surface area contributed by atoms with Crippen LogP contribution in [0.5, 0.6) is 0 Å². The van der Waals surface area contributed by atoms with Crippen molar-refractivity contribution in [2.75, 3.05) is 6.61 Å². The molecule has 0 aliphatic heterocycles. The SMILES string of the molecule is Cc1cc(-c2nc(C(=N)COC(=O)c3ccccc3)cs2)no1. The van der Waals surface area contributed by atoms with Gasteiger partial charge in [-0.1, -0.05) is 23.4 Å². The molecule has 0 spiro atoms. The van der Waals surface area contributed by atoms with E-state index in [0.717, 1.165) is 0 Å². The highest BCUT2D eigenvalue weighted by Crippen LogP contribution is 2.23. The Morgan fingerprint density at radius 2 is 2.13 bits per heavy atom. The van der Waals surface area contributed by atoms with Crippen molar-refractivity contribution in [2.45, 2.75) is 6.92 Å². The molecule has 23 heavy (non-hydrogen) atoms. The van der Waals surface area contributed by atoms with Crippen LogP contribution in [-0.4, -0.2) is 28.4 Å². The van der Waals surface area contributed by atoms with Gasteiger partial charge in [0.15, 0.2) is 0 Å². The Balaban J connectivity index is 1.63. The van der Waals surface area contributed by atoms with Crippen molar-refractivity contribution in [1.82, 2.24) is 10.1 Å². The van der Waals surface area contributed by atoms with Crippen LogP contribution in [0.25, 0.3) is 10.7 Å². The summed E-state index contributed by atoms with van der Waals surface area (Å²) >= 11 is 1.36. The Morgan fingerprint density at radius 3 is 2.83 bits per heavy atom. The highest BCUT2D eigenvalue weighted by molar-refractivity contribution is 7.13. The summed E-state index contributed by atoms with van der Waals surface area (Å²) < 4.78 is 10.1. The first-order chi connectivity index (χ1) is 11.1. The number of esters is 1. The van der Waals surface area contributed by atoms with Crippen molar-refractivity contribution in [1.29, 1.82) is 5.41 Å². The molecule has 2 heterocycles. The maximum Gasteiger partial charge on any atom is 0.338 e. The van der Waals surface area contributed by atoms with Crippen LogP contribution in [0.3, 0.4) is 0 Å². The fourth-order valence-electron chi connectivity index (χ4n) is 1.87. The monoisotopic (exact) mass is 327 g/mol. The van der Waals surface area contributed by atoms with E-state index in [1.807, 2.05) is 6.07 Å². The van der Waals surface area contributed by atoms with Crippen molar-refractivity contribution in [3.63, 3.8) is 0 Å². The largest absolute Gasteiger partial charge is 0.456 e. The van der Waals surface area contributed by atoms with Gasteiger partial charge in [-0.2, -0.15) is 0 Å². The van der Waals surface area contributed by atoms with Gasteiger partial charge in [-0.05, 0) is 19.1 Å². The van der Waals surface area contributed by atoms with Gasteiger partial charge in [0, 0.05) is 11.4 Å². The van der Waals surface area contributed by atoms with E-state index >= 15 is 0 Å². The lowest BCUT2D eigenvalue weighted by Gasteiger charge is -2.04. The summed E-state index contributed by atoms with van der Waals surface area (Å²) in [6, 6.07) is 10.4. The summed E-state index contributed by atoms with van der Waals surface area (Å²) in [6.45, 7) is 1.67. The van der Waals surface area contributed by atoms with E-state index in [1.165, 1.54) is 11.3 Å². The number of thiazole rings is 1. The molecule has 6 nitrogen and oxygen atoms in total. The summed E-state index contributed by atoms with van der Waals surface area (Å²) in [4.78, 5) is 16.2. The number of carbonyl (C=O) groups is 1. The molecule has 0 aliphatic rings. The average molecular weight is 327 g/mol. The molecule has 7 heteroatoms. The van der Waals surface area contributed by atoms with E-state index in [2.05, 4.69) is 10.1 Å². The molecule has 116 valence electrons. The molecule has 1 aromatic carbocycles. The Kier molecular flexibility index (Phi) is 4.29. The van der Waals surface area contributed by atoms with Crippen molar-refractivity contribution in [2.24, 2.45) is 0 Å². The molecule has 0 radical (unpaired) electrons. The van der Waals surface area contributed by atoms with E-state index in [0.29, 0.717) is 27.7 Å². The maximum absolute atomic E-state index is 11.9. The molecule has 0 unspecified atom stereocenters. The smallest absolute Gasteiger partial charge is 0.338 e. The first-order valence-corrected chi connectivity index (χ1v) is 7.70. The summed E-state index contributed by atoms with van der Waals surface area (Å²) in [6.07, 6.45) is 0. The Labute approximate surface area is 136 Å². The van der Waals surface area contributed by atoms with Gasteiger partial charge in [0.2, 0.25) is 0 Å². The van der Waals surface area contributed by atoms with Gasteiger partial charge < -0.3 is 9.26 Å². The first kappa shape index (κ1) is 15.1. The molecular formula is C16H13N3O3S. The van der Waals surface area contributed by atoms with Crippen molar-refractivity contribution >= 4 is 23.0 Å². The zero-order valence-corrected chi connectivity index (χ0v) is 13.1. The minimum Gasteiger partial charge on any atom is -0.456 e. The molecule has 0 amide bonds. The summed E-state index contributed by atoms with van der Waals surface area (Å²) in [7, 11) is 0. The van der Waals surface area contributed by atoms with Crippen LogP contribution in [0.1, 0.15) is 21.8 Å². The second-order valence-corrected chi connectivity index (χ2v) is 5.64. The maximum atomic E-state index is 11.9. The third-order valence-corrected chi connectivity index (χ3v) is 3.88. The van der Waals surface area contributed by atoms with Crippen LogP contribution >= 0.6 is 11.3 Å². The Morgan fingerprint density at radius 1 is 1.35 bits per heavy atom. The molecule has 0 saturated heterocycles. The van der Waals surface area contributed by atoms with E-state index in [1.54, 1.807) is 42.6 Å². The average Bonchev–Trinajstić information content (AvgIpc) is 3.22.